The molecule has 3 aromatic carbocycles. The van der Waals surface area contributed by atoms with E-state index in [0.29, 0.717) is 5.69 Å². The molecule has 10 nitrogen and oxygen atoms in total. The van der Waals surface area contributed by atoms with Crippen molar-refractivity contribution < 1.29 is 22.8 Å². The van der Waals surface area contributed by atoms with Crippen LogP contribution >= 0.6 is 0 Å². The highest BCUT2D eigenvalue weighted by Gasteiger charge is 2.39. The molecule has 0 aliphatic carbocycles. The van der Waals surface area contributed by atoms with Gasteiger partial charge in [-0.3, -0.25) is 4.79 Å². The molecule has 0 fully saturated rings. The molecule has 1 aliphatic heterocycles. The van der Waals surface area contributed by atoms with E-state index in [2.05, 4.69) is 10.9 Å². The number of hydrogen-bond acceptors (Lipinski definition) is 7. The highest BCUT2D eigenvalue weighted by atomic mass is 32.2. The number of hydrogen-bond donors (Lipinski definition) is 4. The predicted molar refractivity (Wildman–Crippen MR) is 133 cm³/mol. The summed E-state index contributed by atoms with van der Waals surface area (Å²) in [6, 6.07) is 22.8. The Morgan fingerprint density at radius 1 is 0.889 bits per heavy atom. The number of nitrogens with two attached hydrogens (primary N) is 1. The number of rotatable bonds is 9. The molecule has 0 unspecified atom stereocenters. The zero-order valence-corrected chi connectivity index (χ0v) is 19.9. The van der Waals surface area contributed by atoms with E-state index in [1.807, 2.05) is 16.9 Å². The van der Waals surface area contributed by atoms with Gasteiger partial charge in [0.05, 0.1) is 16.8 Å². The number of primary amides is 1. The quantitative estimate of drug-likeness (QED) is 0.347. The lowest BCUT2D eigenvalue weighted by molar-refractivity contribution is -0.124. The molecule has 36 heavy (non-hydrogen) atoms. The minimum absolute atomic E-state index is 0.0681. The maximum absolute atomic E-state index is 13.0. The average molecular weight is 508 g/mol. The number of urea groups is 1. The van der Waals surface area contributed by atoms with Gasteiger partial charge in [0.25, 0.3) is 10.0 Å². The van der Waals surface area contributed by atoms with Crippen LogP contribution in [0.3, 0.4) is 0 Å². The number of sulfonamides is 1. The Hall–Kier alpha value is -4.35. The summed E-state index contributed by atoms with van der Waals surface area (Å²) in [4.78, 5) is 30.5. The Bertz CT molecular complexity index is 1310. The summed E-state index contributed by atoms with van der Waals surface area (Å²) in [6.07, 6.45) is 3.17. The number of carbonyl (C=O) groups is 2. The van der Waals surface area contributed by atoms with Gasteiger partial charge < -0.3 is 15.9 Å². The smallest absolute Gasteiger partial charge is 0.329 e. The van der Waals surface area contributed by atoms with Gasteiger partial charge in [0, 0.05) is 12.8 Å². The van der Waals surface area contributed by atoms with Crippen LogP contribution in [-0.4, -0.2) is 25.9 Å². The van der Waals surface area contributed by atoms with Crippen molar-refractivity contribution in [2.45, 2.75) is 23.3 Å². The summed E-state index contributed by atoms with van der Waals surface area (Å²) in [5, 5.41) is 4.09. The molecule has 5 N–H and O–H groups in total. The second kappa shape index (κ2) is 10.5. The SMILES string of the molecule is NC(=O)C(Cc1ccccc1)(Cc1ccccc1)NC(=O)NS(=O)(=O)c1ccc(N2C=CON2)cc1. The fourth-order valence-corrected chi connectivity index (χ4v) is 4.74. The van der Waals surface area contributed by atoms with Gasteiger partial charge in [-0.2, -0.15) is 0 Å². The van der Waals surface area contributed by atoms with Crippen LogP contribution in [0.1, 0.15) is 11.1 Å². The number of amides is 3. The van der Waals surface area contributed by atoms with Crippen LogP contribution in [0.2, 0.25) is 0 Å². The van der Waals surface area contributed by atoms with Gasteiger partial charge in [-0.25, -0.2) is 22.9 Å². The predicted octanol–water partition coefficient (Wildman–Crippen LogP) is 2.11. The van der Waals surface area contributed by atoms with Crippen LogP contribution in [0.4, 0.5) is 10.5 Å². The van der Waals surface area contributed by atoms with E-state index in [1.54, 1.807) is 54.7 Å². The second-order valence-corrected chi connectivity index (χ2v) is 9.87. The Kier molecular flexibility index (Phi) is 7.23. The topological polar surface area (TPSA) is 143 Å². The zero-order valence-electron chi connectivity index (χ0n) is 19.1. The van der Waals surface area contributed by atoms with Crippen molar-refractivity contribution in [3.05, 3.63) is 109 Å². The second-order valence-electron chi connectivity index (χ2n) is 8.19. The van der Waals surface area contributed by atoms with E-state index in [9.17, 15) is 18.0 Å². The molecule has 0 bridgehead atoms. The molecule has 1 heterocycles. The first-order valence-electron chi connectivity index (χ1n) is 11.0. The van der Waals surface area contributed by atoms with Crippen LogP contribution in [-0.2, 0) is 32.5 Å². The third kappa shape index (κ3) is 5.82. The van der Waals surface area contributed by atoms with Gasteiger partial charge in [-0.05, 0) is 35.4 Å². The summed E-state index contributed by atoms with van der Waals surface area (Å²) in [5.41, 5.74) is 8.93. The molecule has 3 amide bonds. The van der Waals surface area contributed by atoms with Crippen LogP contribution in [0.25, 0.3) is 0 Å². The number of anilines is 1. The van der Waals surface area contributed by atoms with Crippen molar-refractivity contribution in [2.24, 2.45) is 5.73 Å². The van der Waals surface area contributed by atoms with E-state index in [-0.39, 0.29) is 17.7 Å². The van der Waals surface area contributed by atoms with Crippen LogP contribution in [0.15, 0.2) is 102 Å². The fraction of sp³-hybridized carbons (Fsp3) is 0.120. The van der Waals surface area contributed by atoms with Crippen LogP contribution < -0.4 is 26.4 Å². The molecule has 1 aliphatic rings. The van der Waals surface area contributed by atoms with Crippen molar-refractivity contribution in [1.82, 2.24) is 15.6 Å². The van der Waals surface area contributed by atoms with Crippen molar-refractivity contribution >= 4 is 27.6 Å². The van der Waals surface area contributed by atoms with Gasteiger partial charge in [0.1, 0.15) is 11.8 Å². The summed E-state index contributed by atoms with van der Waals surface area (Å²) in [5.74, 6) is -0.791. The lowest BCUT2D eigenvalue weighted by Gasteiger charge is -2.32. The number of nitrogens with zero attached hydrogens (tertiary/aromatic N) is 1. The molecular formula is C25H25N5O5S. The lowest BCUT2D eigenvalue weighted by atomic mass is 9.84. The monoisotopic (exact) mass is 507 g/mol. The normalized spacial score (nSPS) is 13.2. The molecule has 186 valence electrons. The summed E-state index contributed by atoms with van der Waals surface area (Å²) < 4.78 is 27.8. The third-order valence-electron chi connectivity index (χ3n) is 5.60. The van der Waals surface area contributed by atoms with Crippen LogP contribution in [0.5, 0.6) is 0 Å². The van der Waals surface area contributed by atoms with Crippen molar-refractivity contribution in [1.29, 1.82) is 0 Å². The molecule has 0 saturated carbocycles. The molecule has 11 heteroatoms. The largest absolute Gasteiger partial charge is 0.395 e. The van der Waals surface area contributed by atoms with E-state index in [0.717, 1.165) is 11.1 Å². The standard InChI is InChI=1S/C25H25N5O5S/c26-23(31)25(17-19-7-3-1-4-8-19,18-20-9-5-2-6-10-20)27-24(32)28-36(33,34)22-13-11-21(12-14-22)30-15-16-35-29-30/h1-16,29H,17-18H2,(H2,26,31)(H2,27,28,32). The Morgan fingerprint density at radius 3 is 1.92 bits per heavy atom. The third-order valence-corrected chi connectivity index (χ3v) is 6.95. The van der Waals surface area contributed by atoms with E-state index >= 15 is 0 Å². The Labute approximate surface area is 208 Å². The Morgan fingerprint density at radius 2 is 1.44 bits per heavy atom. The maximum Gasteiger partial charge on any atom is 0.329 e. The number of hydrazine groups is 1. The summed E-state index contributed by atoms with van der Waals surface area (Å²) in [7, 11) is -4.25. The van der Waals surface area contributed by atoms with Crippen molar-refractivity contribution in [3.63, 3.8) is 0 Å². The molecule has 3 aromatic rings. The minimum atomic E-state index is -4.25. The number of benzene rings is 3. The number of nitrogens with one attached hydrogen (secondary N) is 3. The van der Waals surface area contributed by atoms with Crippen LogP contribution in [0, 0.1) is 0 Å². The molecule has 0 radical (unpaired) electrons. The molecular weight excluding hydrogens is 482 g/mol. The summed E-state index contributed by atoms with van der Waals surface area (Å²) in [6.45, 7) is 0. The van der Waals surface area contributed by atoms with Gasteiger partial charge in [0.15, 0.2) is 0 Å². The minimum Gasteiger partial charge on any atom is -0.395 e. The zero-order chi connectivity index (χ0) is 25.6. The summed E-state index contributed by atoms with van der Waals surface area (Å²) >= 11 is 0. The Balaban J connectivity index is 1.56. The highest BCUT2D eigenvalue weighted by molar-refractivity contribution is 7.90. The van der Waals surface area contributed by atoms with Gasteiger partial charge in [-0.15, -0.1) is 0 Å². The molecule has 0 saturated heterocycles. The fourth-order valence-electron chi connectivity index (χ4n) is 3.83. The van der Waals surface area contributed by atoms with E-state index in [1.165, 1.54) is 35.5 Å². The first-order valence-corrected chi connectivity index (χ1v) is 12.5. The molecule has 4 rings (SSSR count). The first-order chi connectivity index (χ1) is 17.3. The van der Waals surface area contributed by atoms with Crippen molar-refractivity contribution in [3.8, 4) is 0 Å². The lowest BCUT2D eigenvalue weighted by Crippen LogP contribution is -2.62. The van der Waals surface area contributed by atoms with Gasteiger partial charge >= 0.3 is 6.03 Å². The molecule has 0 aromatic heterocycles. The highest BCUT2D eigenvalue weighted by Crippen LogP contribution is 2.21. The van der Waals surface area contributed by atoms with E-state index < -0.39 is 27.5 Å². The van der Waals surface area contributed by atoms with Gasteiger partial charge in [-0.1, -0.05) is 66.3 Å². The molecule has 0 spiro atoms. The molecule has 0 atom stereocenters. The number of carbonyl (C=O) groups excluding carboxylic acids is 2. The van der Waals surface area contributed by atoms with E-state index in [4.69, 9.17) is 10.6 Å². The maximum atomic E-state index is 13.0. The first kappa shape index (κ1) is 24.8. The van der Waals surface area contributed by atoms with Crippen molar-refractivity contribution in [2.75, 3.05) is 5.01 Å². The van der Waals surface area contributed by atoms with Gasteiger partial charge in [0.2, 0.25) is 5.91 Å². The average Bonchev–Trinajstić information content (AvgIpc) is 3.40.